The molecule has 1 aliphatic heterocycles. The first kappa shape index (κ1) is 14.8. The first-order valence-electron chi connectivity index (χ1n) is 6.61. The molecule has 2 N–H and O–H groups in total. The van der Waals surface area contributed by atoms with Crippen LogP contribution >= 0.6 is 23.1 Å². The number of rotatable bonds is 5. The van der Waals surface area contributed by atoms with Gasteiger partial charge in [0, 0.05) is 11.9 Å². The van der Waals surface area contributed by atoms with Crippen LogP contribution in [0.3, 0.4) is 0 Å². The smallest absolute Gasteiger partial charge is 0.226 e. The Bertz CT molecular complexity index is 428. The van der Waals surface area contributed by atoms with E-state index in [1.165, 1.54) is 0 Å². The standard InChI is InChI=1S/C13H20N2O2S2/c1-2-12-15-10(8-19-12)7-11(16)14-9-13(17)3-5-18-6-4-13/h8,17H,2-7,9H2,1H3,(H,14,16). The largest absolute Gasteiger partial charge is 0.388 e. The summed E-state index contributed by atoms with van der Waals surface area (Å²) in [5.41, 5.74) is 0.114. The van der Waals surface area contributed by atoms with Crippen LogP contribution in [0.2, 0.25) is 0 Å². The minimum Gasteiger partial charge on any atom is -0.388 e. The SMILES string of the molecule is CCc1nc(CC(=O)NCC2(O)CCSCC2)cs1. The Morgan fingerprint density at radius 2 is 2.26 bits per heavy atom. The number of thioether (sulfide) groups is 1. The molecule has 6 heteroatoms. The minimum atomic E-state index is -0.711. The Kier molecular flexibility index (Phi) is 5.24. The summed E-state index contributed by atoms with van der Waals surface area (Å²) in [5, 5.41) is 16.1. The molecule has 1 aliphatic rings. The molecule has 1 aromatic rings. The number of nitrogens with zero attached hydrogens (tertiary/aromatic N) is 1. The monoisotopic (exact) mass is 300 g/mol. The maximum absolute atomic E-state index is 11.8. The first-order valence-corrected chi connectivity index (χ1v) is 8.65. The zero-order chi connectivity index (χ0) is 13.7. The van der Waals surface area contributed by atoms with Crippen LogP contribution in [-0.4, -0.2) is 39.6 Å². The number of aryl methyl sites for hydroxylation is 1. The molecule has 1 amide bonds. The molecule has 106 valence electrons. The summed E-state index contributed by atoms with van der Waals surface area (Å²) < 4.78 is 0. The van der Waals surface area contributed by atoms with Crippen molar-refractivity contribution in [2.45, 2.75) is 38.2 Å². The number of aromatic nitrogens is 1. The van der Waals surface area contributed by atoms with Crippen molar-refractivity contribution in [2.75, 3.05) is 18.1 Å². The molecule has 19 heavy (non-hydrogen) atoms. The molecular formula is C13H20N2O2S2. The second kappa shape index (κ2) is 6.72. The Hall–Kier alpha value is -0.590. The Morgan fingerprint density at radius 1 is 1.53 bits per heavy atom. The van der Waals surface area contributed by atoms with E-state index in [1.807, 2.05) is 17.1 Å². The molecule has 0 aromatic carbocycles. The number of hydrogen-bond donors (Lipinski definition) is 2. The van der Waals surface area contributed by atoms with Crippen molar-refractivity contribution in [2.24, 2.45) is 0 Å². The lowest BCUT2D eigenvalue weighted by atomic mass is 9.97. The first-order chi connectivity index (χ1) is 9.11. The molecule has 4 nitrogen and oxygen atoms in total. The van der Waals surface area contributed by atoms with Crippen molar-refractivity contribution in [1.82, 2.24) is 10.3 Å². The maximum atomic E-state index is 11.8. The number of thiazole rings is 1. The zero-order valence-corrected chi connectivity index (χ0v) is 12.8. The molecule has 0 radical (unpaired) electrons. The third kappa shape index (κ3) is 4.47. The molecular weight excluding hydrogens is 280 g/mol. The van der Waals surface area contributed by atoms with Crippen LogP contribution in [0.5, 0.6) is 0 Å². The highest BCUT2D eigenvalue weighted by Gasteiger charge is 2.29. The molecule has 1 fully saturated rings. The average Bonchev–Trinajstić information content (AvgIpc) is 2.85. The van der Waals surface area contributed by atoms with E-state index in [9.17, 15) is 9.90 Å². The Labute approximate surface area is 122 Å². The second-order valence-electron chi connectivity index (χ2n) is 4.88. The summed E-state index contributed by atoms with van der Waals surface area (Å²) in [4.78, 5) is 16.2. The van der Waals surface area contributed by atoms with Gasteiger partial charge in [0.05, 0.1) is 22.7 Å². The normalized spacial score (nSPS) is 18.2. The highest BCUT2D eigenvalue weighted by molar-refractivity contribution is 7.99. The van der Waals surface area contributed by atoms with Crippen LogP contribution in [0.25, 0.3) is 0 Å². The topological polar surface area (TPSA) is 62.2 Å². The number of hydrogen-bond acceptors (Lipinski definition) is 5. The van der Waals surface area contributed by atoms with Gasteiger partial charge in [-0.05, 0) is 30.8 Å². The molecule has 0 spiro atoms. The van der Waals surface area contributed by atoms with Gasteiger partial charge in [0.15, 0.2) is 0 Å². The zero-order valence-electron chi connectivity index (χ0n) is 11.1. The van der Waals surface area contributed by atoms with Gasteiger partial charge in [-0.25, -0.2) is 4.98 Å². The summed E-state index contributed by atoms with van der Waals surface area (Å²) in [6.45, 7) is 2.41. The predicted octanol–water partition coefficient (Wildman–Crippen LogP) is 1.62. The predicted molar refractivity (Wildman–Crippen MR) is 79.7 cm³/mol. The minimum absolute atomic E-state index is 0.0559. The fraction of sp³-hybridized carbons (Fsp3) is 0.692. The lowest BCUT2D eigenvalue weighted by Crippen LogP contribution is -2.45. The molecule has 0 bridgehead atoms. The van der Waals surface area contributed by atoms with E-state index in [0.29, 0.717) is 13.0 Å². The van der Waals surface area contributed by atoms with Crippen LogP contribution < -0.4 is 5.32 Å². The summed E-state index contributed by atoms with van der Waals surface area (Å²) in [6, 6.07) is 0. The van der Waals surface area contributed by atoms with Crippen molar-refractivity contribution < 1.29 is 9.90 Å². The fourth-order valence-electron chi connectivity index (χ4n) is 2.01. The molecule has 1 aromatic heterocycles. The van der Waals surface area contributed by atoms with Gasteiger partial charge in [-0.3, -0.25) is 4.79 Å². The quantitative estimate of drug-likeness (QED) is 0.867. The third-order valence-corrected chi connectivity index (χ3v) is 5.31. The summed E-state index contributed by atoms with van der Waals surface area (Å²) in [5.74, 6) is 1.89. The summed E-state index contributed by atoms with van der Waals surface area (Å²) in [7, 11) is 0. The van der Waals surface area contributed by atoms with Gasteiger partial charge < -0.3 is 10.4 Å². The van der Waals surface area contributed by atoms with Crippen LogP contribution in [0.4, 0.5) is 0 Å². The molecule has 2 heterocycles. The highest BCUT2D eigenvalue weighted by atomic mass is 32.2. The second-order valence-corrected chi connectivity index (χ2v) is 7.04. The number of amides is 1. The van der Waals surface area contributed by atoms with Crippen LogP contribution in [-0.2, 0) is 17.6 Å². The third-order valence-electron chi connectivity index (χ3n) is 3.28. The number of carbonyl (C=O) groups is 1. The van der Waals surface area contributed by atoms with E-state index < -0.39 is 5.60 Å². The van der Waals surface area contributed by atoms with Gasteiger partial charge >= 0.3 is 0 Å². The van der Waals surface area contributed by atoms with Crippen molar-refractivity contribution in [1.29, 1.82) is 0 Å². The lowest BCUT2D eigenvalue weighted by Gasteiger charge is -2.31. The fourth-order valence-corrected chi connectivity index (χ4v) is 4.01. The van der Waals surface area contributed by atoms with Gasteiger partial charge in [0.25, 0.3) is 0 Å². The van der Waals surface area contributed by atoms with Crippen molar-refractivity contribution >= 4 is 29.0 Å². The van der Waals surface area contributed by atoms with Gasteiger partial charge in [0.1, 0.15) is 0 Å². The Balaban J connectivity index is 1.77. The van der Waals surface area contributed by atoms with Gasteiger partial charge in [-0.2, -0.15) is 11.8 Å². The summed E-state index contributed by atoms with van der Waals surface area (Å²) in [6.07, 6.45) is 2.73. The Morgan fingerprint density at radius 3 is 2.89 bits per heavy atom. The van der Waals surface area contributed by atoms with Gasteiger partial charge in [-0.1, -0.05) is 6.92 Å². The van der Waals surface area contributed by atoms with Gasteiger partial charge in [-0.15, -0.1) is 11.3 Å². The van der Waals surface area contributed by atoms with E-state index in [-0.39, 0.29) is 5.91 Å². The molecule has 0 aliphatic carbocycles. The number of carbonyl (C=O) groups excluding carboxylic acids is 1. The number of nitrogens with one attached hydrogen (secondary N) is 1. The van der Waals surface area contributed by atoms with E-state index in [1.54, 1.807) is 11.3 Å². The average molecular weight is 300 g/mol. The molecule has 0 unspecified atom stereocenters. The van der Waals surface area contributed by atoms with Crippen molar-refractivity contribution in [3.05, 3.63) is 16.1 Å². The molecule has 0 saturated carbocycles. The van der Waals surface area contributed by atoms with Crippen LogP contribution in [0, 0.1) is 0 Å². The van der Waals surface area contributed by atoms with Crippen molar-refractivity contribution in [3.63, 3.8) is 0 Å². The van der Waals surface area contributed by atoms with Crippen molar-refractivity contribution in [3.8, 4) is 0 Å². The maximum Gasteiger partial charge on any atom is 0.226 e. The van der Waals surface area contributed by atoms with Gasteiger partial charge in [0.2, 0.25) is 5.91 Å². The lowest BCUT2D eigenvalue weighted by molar-refractivity contribution is -0.121. The molecule has 2 rings (SSSR count). The van der Waals surface area contributed by atoms with Crippen LogP contribution in [0.1, 0.15) is 30.5 Å². The van der Waals surface area contributed by atoms with E-state index in [0.717, 1.165) is 41.5 Å². The number of aliphatic hydroxyl groups is 1. The summed E-state index contributed by atoms with van der Waals surface area (Å²) >= 11 is 3.45. The van der Waals surface area contributed by atoms with E-state index >= 15 is 0 Å². The van der Waals surface area contributed by atoms with E-state index in [2.05, 4.69) is 17.2 Å². The highest BCUT2D eigenvalue weighted by Crippen LogP contribution is 2.26. The molecule has 0 atom stereocenters. The molecule has 1 saturated heterocycles. The van der Waals surface area contributed by atoms with E-state index in [4.69, 9.17) is 0 Å². The van der Waals surface area contributed by atoms with Crippen LogP contribution in [0.15, 0.2) is 5.38 Å².